The molecule has 2 aromatic carbocycles. The van der Waals surface area contributed by atoms with Gasteiger partial charge in [0.2, 0.25) is 5.91 Å². The third-order valence-corrected chi connectivity index (χ3v) is 3.81. The standard InChI is InChI=1S/C20H21ClN2O4/c1-13-9-14(2)11-17(10-13)23-19(25)12-27-20(26)8-7-18(24)22-16-5-3-15(21)4-6-16/h3-6,9-11H,7-8,12H2,1-2H3,(H,22,24)(H,23,25). The van der Waals surface area contributed by atoms with Crippen LogP contribution >= 0.6 is 11.6 Å². The molecule has 2 amide bonds. The summed E-state index contributed by atoms with van der Waals surface area (Å²) in [5, 5.41) is 5.89. The third kappa shape index (κ3) is 7.50. The number of benzene rings is 2. The topological polar surface area (TPSA) is 84.5 Å². The molecule has 0 saturated carbocycles. The van der Waals surface area contributed by atoms with Crippen LogP contribution in [0.1, 0.15) is 24.0 Å². The number of amides is 2. The molecule has 0 fully saturated rings. The van der Waals surface area contributed by atoms with Gasteiger partial charge in [-0.25, -0.2) is 0 Å². The minimum absolute atomic E-state index is 0.0415. The van der Waals surface area contributed by atoms with Crippen LogP contribution in [-0.4, -0.2) is 24.4 Å². The van der Waals surface area contributed by atoms with Crippen LogP contribution in [0, 0.1) is 13.8 Å². The lowest BCUT2D eigenvalue weighted by Crippen LogP contribution is -2.21. The molecule has 0 aliphatic heterocycles. The van der Waals surface area contributed by atoms with Crippen molar-refractivity contribution < 1.29 is 19.1 Å². The Labute approximate surface area is 162 Å². The smallest absolute Gasteiger partial charge is 0.306 e. The fourth-order valence-corrected chi connectivity index (χ4v) is 2.56. The van der Waals surface area contributed by atoms with Gasteiger partial charge in [0.05, 0.1) is 6.42 Å². The van der Waals surface area contributed by atoms with Gasteiger partial charge in [-0.3, -0.25) is 14.4 Å². The van der Waals surface area contributed by atoms with Gasteiger partial charge in [-0.2, -0.15) is 0 Å². The minimum atomic E-state index is -0.614. The molecule has 0 aliphatic carbocycles. The number of anilines is 2. The molecule has 142 valence electrons. The van der Waals surface area contributed by atoms with Gasteiger partial charge in [-0.15, -0.1) is 0 Å². The monoisotopic (exact) mass is 388 g/mol. The lowest BCUT2D eigenvalue weighted by atomic mass is 10.1. The van der Waals surface area contributed by atoms with Crippen molar-refractivity contribution in [1.29, 1.82) is 0 Å². The summed E-state index contributed by atoms with van der Waals surface area (Å²) in [5.74, 6) is -1.37. The minimum Gasteiger partial charge on any atom is -0.456 e. The molecule has 0 heterocycles. The molecule has 0 spiro atoms. The molecule has 0 aromatic heterocycles. The highest BCUT2D eigenvalue weighted by Gasteiger charge is 2.11. The van der Waals surface area contributed by atoms with Gasteiger partial charge in [0, 0.05) is 22.8 Å². The Morgan fingerprint density at radius 3 is 2.07 bits per heavy atom. The van der Waals surface area contributed by atoms with E-state index in [-0.39, 0.29) is 18.7 Å². The van der Waals surface area contributed by atoms with Crippen molar-refractivity contribution in [2.75, 3.05) is 17.2 Å². The second-order valence-corrected chi connectivity index (χ2v) is 6.58. The van der Waals surface area contributed by atoms with Crippen LogP contribution in [0.2, 0.25) is 5.02 Å². The van der Waals surface area contributed by atoms with Crippen molar-refractivity contribution in [3.8, 4) is 0 Å². The maximum atomic E-state index is 11.9. The highest BCUT2D eigenvalue weighted by Crippen LogP contribution is 2.14. The number of ether oxygens (including phenoxy) is 1. The Morgan fingerprint density at radius 2 is 1.44 bits per heavy atom. The van der Waals surface area contributed by atoms with Crippen molar-refractivity contribution in [2.45, 2.75) is 26.7 Å². The molecule has 6 nitrogen and oxygen atoms in total. The number of aryl methyl sites for hydroxylation is 2. The second-order valence-electron chi connectivity index (χ2n) is 6.14. The Hall–Kier alpha value is -2.86. The molecule has 27 heavy (non-hydrogen) atoms. The fourth-order valence-electron chi connectivity index (χ4n) is 2.43. The van der Waals surface area contributed by atoms with Crippen LogP contribution in [0.5, 0.6) is 0 Å². The summed E-state index contributed by atoms with van der Waals surface area (Å²) in [7, 11) is 0. The Balaban J connectivity index is 1.69. The van der Waals surface area contributed by atoms with Gasteiger partial charge in [-0.1, -0.05) is 17.7 Å². The van der Waals surface area contributed by atoms with E-state index in [1.54, 1.807) is 24.3 Å². The van der Waals surface area contributed by atoms with Gasteiger partial charge in [0.15, 0.2) is 6.61 Å². The van der Waals surface area contributed by atoms with E-state index in [2.05, 4.69) is 10.6 Å². The summed E-state index contributed by atoms with van der Waals surface area (Å²) in [6, 6.07) is 12.3. The molecule has 0 radical (unpaired) electrons. The van der Waals surface area contributed by atoms with Crippen LogP contribution in [-0.2, 0) is 19.1 Å². The lowest BCUT2D eigenvalue weighted by Gasteiger charge is -2.08. The summed E-state index contributed by atoms with van der Waals surface area (Å²) in [6.07, 6.45) is -0.156. The van der Waals surface area contributed by atoms with E-state index in [0.29, 0.717) is 16.4 Å². The van der Waals surface area contributed by atoms with Crippen molar-refractivity contribution in [2.24, 2.45) is 0 Å². The van der Waals surface area contributed by atoms with Crippen LogP contribution in [0.25, 0.3) is 0 Å². The molecule has 0 aliphatic rings. The first kappa shape index (κ1) is 20.5. The van der Waals surface area contributed by atoms with Gasteiger partial charge in [0.25, 0.3) is 5.91 Å². The number of carbonyl (C=O) groups excluding carboxylic acids is 3. The summed E-state index contributed by atoms with van der Waals surface area (Å²) >= 11 is 5.77. The van der Waals surface area contributed by atoms with E-state index in [1.807, 2.05) is 32.0 Å². The van der Waals surface area contributed by atoms with Crippen LogP contribution in [0.3, 0.4) is 0 Å². The van der Waals surface area contributed by atoms with Crippen LogP contribution in [0.4, 0.5) is 11.4 Å². The zero-order valence-electron chi connectivity index (χ0n) is 15.2. The van der Waals surface area contributed by atoms with Gasteiger partial charge >= 0.3 is 5.97 Å². The van der Waals surface area contributed by atoms with E-state index in [0.717, 1.165) is 11.1 Å². The van der Waals surface area contributed by atoms with E-state index >= 15 is 0 Å². The van der Waals surface area contributed by atoms with E-state index in [9.17, 15) is 14.4 Å². The lowest BCUT2D eigenvalue weighted by molar-refractivity contribution is -0.147. The molecule has 0 bridgehead atoms. The number of nitrogens with one attached hydrogen (secondary N) is 2. The number of rotatable bonds is 7. The molecule has 0 unspecified atom stereocenters. The van der Waals surface area contributed by atoms with E-state index in [4.69, 9.17) is 16.3 Å². The summed E-state index contributed by atoms with van der Waals surface area (Å²) in [4.78, 5) is 35.4. The maximum absolute atomic E-state index is 11.9. The molecule has 2 N–H and O–H groups in total. The van der Waals surface area contributed by atoms with Crippen molar-refractivity contribution >= 4 is 40.8 Å². The number of halogens is 1. The molecule has 2 aromatic rings. The van der Waals surface area contributed by atoms with E-state index < -0.39 is 18.5 Å². The predicted molar refractivity (Wildman–Crippen MR) is 105 cm³/mol. The normalized spacial score (nSPS) is 10.2. The molecule has 0 saturated heterocycles. The quantitative estimate of drug-likeness (QED) is 0.705. The van der Waals surface area contributed by atoms with Gasteiger partial charge < -0.3 is 15.4 Å². The average molecular weight is 389 g/mol. The Morgan fingerprint density at radius 1 is 0.852 bits per heavy atom. The Bertz CT molecular complexity index is 814. The second kappa shape index (κ2) is 9.73. The molecular weight excluding hydrogens is 368 g/mol. The third-order valence-electron chi connectivity index (χ3n) is 3.55. The predicted octanol–water partition coefficient (Wildman–Crippen LogP) is 3.86. The molecular formula is C20H21ClN2O4. The van der Waals surface area contributed by atoms with Crippen LogP contribution < -0.4 is 10.6 Å². The summed E-state index contributed by atoms with van der Waals surface area (Å²) < 4.78 is 4.90. The zero-order valence-corrected chi connectivity index (χ0v) is 15.9. The number of hydrogen-bond acceptors (Lipinski definition) is 4. The first-order chi connectivity index (χ1) is 12.8. The number of esters is 1. The molecule has 2 rings (SSSR count). The van der Waals surface area contributed by atoms with Crippen molar-refractivity contribution in [3.63, 3.8) is 0 Å². The number of hydrogen-bond donors (Lipinski definition) is 2. The highest BCUT2D eigenvalue weighted by atomic mass is 35.5. The summed E-state index contributed by atoms with van der Waals surface area (Å²) in [6.45, 7) is 3.46. The SMILES string of the molecule is Cc1cc(C)cc(NC(=O)COC(=O)CCC(=O)Nc2ccc(Cl)cc2)c1. The first-order valence-electron chi connectivity index (χ1n) is 8.41. The number of carbonyl (C=O) groups is 3. The van der Waals surface area contributed by atoms with Crippen molar-refractivity contribution in [3.05, 3.63) is 58.6 Å². The van der Waals surface area contributed by atoms with Crippen LogP contribution in [0.15, 0.2) is 42.5 Å². The summed E-state index contributed by atoms with van der Waals surface area (Å²) in [5.41, 5.74) is 3.28. The molecule has 7 heteroatoms. The first-order valence-corrected chi connectivity index (χ1v) is 8.79. The Kier molecular flexibility index (Phi) is 7.37. The van der Waals surface area contributed by atoms with E-state index in [1.165, 1.54) is 0 Å². The average Bonchev–Trinajstić information content (AvgIpc) is 2.59. The fraction of sp³-hybridized carbons (Fsp3) is 0.250. The van der Waals surface area contributed by atoms with Gasteiger partial charge in [0.1, 0.15) is 0 Å². The van der Waals surface area contributed by atoms with Gasteiger partial charge in [-0.05, 0) is 61.4 Å². The van der Waals surface area contributed by atoms with Crippen molar-refractivity contribution in [1.82, 2.24) is 0 Å². The maximum Gasteiger partial charge on any atom is 0.306 e. The largest absolute Gasteiger partial charge is 0.456 e. The highest BCUT2D eigenvalue weighted by molar-refractivity contribution is 6.30. The molecule has 0 atom stereocenters. The zero-order chi connectivity index (χ0) is 19.8.